The van der Waals surface area contributed by atoms with Crippen molar-refractivity contribution < 1.29 is 9.90 Å². The first kappa shape index (κ1) is 10.8. The number of hydrogen-bond acceptors (Lipinski definition) is 2. The highest BCUT2D eigenvalue weighted by molar-refractivity contribution is 5.64. The Balaban J connectivity index is 2.36. The number of nitriles is 1. The van der Waals surface area contributed by atoms with E-state index in [2.05, 4.69) is 6.07 Å². The summed E-state index contributed by atoms with van der Waals surface area (Å²) in [5.74, 6) is 0.485. The van der Waals surface area contributed by atoms with Crippen LogP contribution < -0.4 is 0 Å². The van der Waals surface area contributed by atoms with E-state index in [4.69, 9.17) is 10.4 Å². The smallest absolute Gasteiger partial charge is 0.407 e. The van der Waals surface area contributed by atoms with Crippen LogP contribution in [-0.4, -0.2) is 29.2 Å². The molecule has 78 valence electrons. The van der Waals surface area contributed by atoms with E-state index >= 15 is 0 Å². The maximum atomic E-state index is 10.7. The van der Waals surface area contributed by atoms with Gasteiger partial charge in [0.2, 0.25) is 0 Å². The Morgan fingerprint density at radius 3 is 2.50 bits per heavy atom. The van der Waals surface area contributed by atoms with Crippen LogP contribution in [0.1, 0.15) is 32.1 Å². The lowest BCUT2D eigenvalue weighted by atomic mass is 9.84. The van der Waals surface area contributed by atoms with Crippen LogP contribution in [0.15, 0.2) is 0 Å². The van der Waals surface area contributed by atoms with Crippen LogP contribution in [0.5, 0.6) is 0 Å². The summed E-state index contributed by atoms with van der Waals surface area (Å²) in [7, 11) is 1.62. The van der Waals surface area contributed by atoms with E-state index in [0.717, 1.165) is 25.7 Å². The van der Waals surface area contributed by atoms with E-state index in [0.29, 0.717) is 12.3 Å². The lowest BCUT2D eigenvalue weighted by Gasteiger charge is -2.32. The van der Waals surface area contributed by atoms with E-state index in [1.807, 2.05) is 0 Å². The Hall–Kier alpha value is -1.24. The van der Waals surface area contributed by atoms with Crippen molar-refractivity contribution in [3.05, 3.63) is 0 Å². The zero-order chi connectivity index (χ0) is 10.6. The normalized spacial score (nSPS) is 26.6. The zero-order valence-corrected chi connectivity index (χ0v) is 8.44. The minimum atomic E-state index is -0.853. The second kappa shape index (κ2) is 4.85. The largest absolute Gasteiger partial charge is 0.465 e. The first-order chi connectivity index (χ1) is 6.65. The molecule has 0 saturated heterocycles. The summed E-state index contributed by atoms with van der Waals surface area (Å²) in [5, 5.41) is 17.3. The number of rotatable bonds is 2. The van der Waals surface area contributed by atoms with Crippen LogP contribution in [-0.2, 0) is 0 Å². The molecule has 0 atom stereocenters. The molecule has 1 rings (SSSR count). The molecule has 0 aliphatic heterocycles. The van der Waals surface area contributed by atoms with Crippen LogP contribution in [0.2, 0.25) is 0 Å². The topological polar surface area (TPSA) is 64.3 Å². The van der Waals surface area contributed by atoms with Gasteiger partial charge in [0.25, 0.3) is 0 Å². The highest BCUT2D eigenvalue weighted by Crippen LogP contribution is 2.28. The van der Waals surface area contributed by atoms with Crippen LogP contribution >= 0.6 is 0 Å². The monoisotopic (exact) mass is 196 g/mol. The third kappa shape index (κ3) is 2.63. The Labute approximate surface area is 84.1 Å². The van der Waals surface area contributed by atoms with Gasteiger partial charge in [-0.2, -0.15) is 5.26 Å². The Kier molecular flexibility index (Phi) is 3.75. The molecular weight excluding hydrogens is 180 g/mol. The molecule has 1 N–H and O–H groups in total. The van der Waals surface area contributed by atoms with Gasteiger partial charge in [-0.15, -0.1) is 0 Å². The lowest BCUT2D eigenvalue weighted by molar-refractivity contribution is 0.119. The van der Waals surface area contributed by atoms with Gasteiger partial charge in [0.1, 0.15) is 0 Å². The maximum absolute atomic E-state index is 10.7. The maximum Gasteiger partial charge on any atom is 0.407 e. The summed E-state index contributed by atoms with van der Waals surface area (Å²) in [4.78, 5) is 12.1. The number of carboxylic acid groups (broad SMARTS) is 1. The summed E-state index contributed by atoms with van der Waals surface area (Å²) in [6, 6.07) is 2.33. The van der Waals surface area contributed by atoms with E-state index in [-0.39, 0.29) is 6.04 Å². The van der Waals surface area contributed by atoms with Gasteiger partial charge in [0, 0.05) is 19.5 Å². The molecule has 1 aliphatic carbocycles. The number of amides is 1. The van der Waals surface area contributed by atoms with Crippen molar-refractivity contribution in [3.8, 4) is 6.07 Å². The molecule has 1 aliphatic rings. The van der Waals surface area contributed by atoms with Crippen molar-refractivity contribution in [2.45, 2.75) is 38.1 Å². The lowest BCUT2D eigenvalue weighted by Crippen LogP contribution is -2.38. The third-order valence-electron chi connectivity index (χ3n) is 3.05. The van der Waals surface area contributed by atoms with Crippen LogP contribution in [0.3, 0.4) is 0 Å². The van der Waals surface area contributed by atoms with Gasteiger partial charge >= 0.3 is 6.09 Å². The summed E-state index contributed by atoms with van der Waals surface area (Å²) < 4.78 is 0. The second-order valence-corrected chi connectivity index (χ2v) is 3.93. The molecular formula is C10H16N2O2. The molecule has 4 nitrogen and oxygen atoms in total. The van der Waals surface area contributed by atoms with E-state index < -0.39 is 6.09 Å². The Bertz CT molecular complexity index is 239. The molecule has 0 aromatic heterocycles. The minimum absolute atomic E-state index is 0.155. The van der Waals surface area contributed by atoms with Crippen molar-refractivity contribution in [2.24, 2.45) is 5.92 Å². The molecule has 1 fully saturated rings. The van der Waals surface area contributed by atoms with Crippen molar-refractivity contribution in [1.82, 2.24) is 4.90 Å². The quantitative estimate of drug-likeness (QED) is 0.735. The Morgan fingerprint density at radius 1 is 1.50 bits per heavy atom. The summed E-state index contributed by atoms with van der Waals surface area (Å²) in [5.41, 5.74) is 0. The first-order valence-corrected chi connectivity index (χ1v) is 4.98. The van der Waals surface area contributed by atoms with E-state index in [9.17, 15) is 4.79 Å². The van der Waals surface area contributed by atoms with Crippen molar-refractivity contribution >= 4 is 6.09 Å². The summed E-state index contributed by atoms with van der Waals surface area (Å²) >= 11 is 0. The van der Waals surface area contributed by atoms with Crippen LogP contribution in [0, 0.1) is 17.2 Å². The number of nitrogens with zero attached hydrogens (tertiary/aromatic N) is 2. The summed E-state index contributed by atoms with van der Waals surface area (Å²) in [6.45, 7) is 0. The number of hydrogen-bond donors (Lipinski definition) is 1. The molecule has 0 aromatic carbocycles. The van der Waals surface area contributed by atoms with Gasteiger partial charge in [-0.25, -0.2) is 4.79 Å². The molecule has 0 aromatic rings. The molecule has 0 bridgehead atoms. The summed E-state index contributed by atoms with van der Waals surface area (Å²) in [6.07, 6.45) is 3.52. The second-order valence-electron chi connectivity index (χ2n) is 3.93. The highest BCUT2D eigenvalue weighted by Gasteiger charge is 2.25. The average molecular weight is 196 g/mol. The van der Waals surface area contributed by atoms with Crippen molar-refractivity contribution in [1.29, 1.82) is 5.26 Å². The molecule has 0 unspecified atom stereocenters. The standard InChI is InChI=1S/C10H16N2O2/c1-12(10(13)14)9-4-2-8(3-5-9)6-7-11/h8-9H,2-6H2,1H3,(H,13,14)/t8-,9-. The zero-order valence-electron chi connectivity index (χ0n) is 8.44. The van der Waals surface area contributed by atoms with Gasteiger partial charge < -0.3 is 10.0 Å². The fourth-order valence-electron chi connectivity index (χ4n) is 2.02. The van der Waals surface area contributed by atoms with Gasteiger partial charge in [0.15, 0.2) is 0 Å². The van der Waals surface area contributed by atoms with Crippen molar-refractivity contribution in [3.63, 3.8) is 0 Å². The van der Waals surface area contributed by atoms with Crippen LogP contribution in [0.25, 0.3) is 0 Å². The predicted octanol–water partition coefficient (Wildman–Crippen LogP) is 2.07. The van der Waals surface area contributed by atoms with Gasteiger partial charge in [0.05, 0.1) is 6.07 Å². The first-order valence-electron chi connectivity index (χ1n) is 4.98. The molecule has 1 saturated carbocycles. The van der Waals surface area contributed by atoms with Gasteiger partial charge in [-0.05, 0) is 31.6 Å². The van der Waals surface area contributed by atoms with Crippen molar-refractivity contribution in [2.75, 3.05) is 7.05 Å². The highest BCUT2D eigenvalue weighted by atomic mass is 16.4. The Morgan fingerprint density at radius 2 is 2.07 bits per heavy atom. The molecule has 0 radical (unpaired) electrons. The molecule has 4 heteroatoms. The van der Waals surface area contributed by atoms with Crippen LogP contribution in [0.4, 0.5) is 4.79 Å². The molecule has 14 heavy (non-hydrogen) atoms. The van der Waals surface area contributed by atoms with E-state index in [1.54, 1.807) is 7.05 Å². The molecule has 0 spiro atoms. The molecule has 1 amide bonds. The SMILES string of the molecule is CN(C(=O)O)[C@H]1CC[C@H](CC#N)CC1. The fourth-order valence-corrected chi connectivity index (χ4v) is 2.02. The molecule has 0 heterocycles. The number of carbonyl (C=O) groups is 1. The fraction of sp³-hybridized carbons (Fsp3) is 0.800. The van der Waals surface area contributed by atoms with E-state index in [1.165, 1.54) is 4.90 Å². The predicted molar refractivity (Wildman–Crippen MR) is 51.8 cm³/mol. The minimum Gasteiger partial charge on any atom is -0.465 e. The average Bonchev–Trinajstić information content (AvgIpc) is 2.18. The third-order valence-corrected chi connectivity index (χ3v) is 3.05. The van der Waals surface area contributed by atoms with Gasteiger partial charge in [-0.3, -0.25) is 0 Å². The van der Waals surface area contributed by atoms with Gasteiger partial charge in [-0.1, -0.05) is 0 Å².